The molecular weight excluding hydrogens is 192 g/mol. The standard InChI is InChI=1S/C16H16/c1-2-4-6-8-10-12-14-16-15-13-11-9-7-5-3-1/h1-5,14-16H2. The quantitative estimate of drug-likeness (QED) is 0.536. The second-order valence-corrected chi connectivity index (χ2v) is 3.62. The molecule has 0 aromatic rings. The molecule has 0 bridgehead atoms. The molecule has 1 rings (SSSR count). The van der Waals surface area contributed by atoms with Crippen molar-refractivity contribution in [3.63, 3.8) is 0 Å². The fourth-order valence-corrected chi connectivity index (χ4v) is 1.30. The predicted molar refractivity (Wildman–Crippen MR) is 68.0 cm³/mol. The van der Waals surface area contributed by atoms with E-state index in [2.05, 4.69) is 47.4 Å². The number of hydrogen-bond donors (Lipinski definition) is 0. The van der Waals surface area contributed by atoms with E-state index in [-0.39, 0.29) is 0 Å². The molecule has 0 fully saturated rings. The molecule has 0 spiro atoms. The largest absolute Gasteiger partial charge is 0.0891 e. The van der Waals surface area contributed by atoms with E-state index in [9.17, 15) is 0 Å². The van der Waals surface area contributed by atoms with Crippen molar-refractivity contribution in [1.82, 2.24) is 0 Å². The summed E-state index contributed by atoms with van der Waals surface area (Å²) in [6.45, 7) is 0. The maximum Gasteiger partial charge on any atom is 0.0108 e. The third-order valence-electron chi connectivity index (χ3n) is 2.19. The first-order valence-electron chi connectivity index (χ1n) is 5.91. The average Bonchev–Trinajstić information content (AvgIpc) is 2.29. The van der Waals surface area contributed by atoms with Gasteiger partial charge in [0.1, 0.15) is 0 Å². The Morgan fingerprint density at radius 3 is 1.19 bits per heavy atom. The Hall–Kier alpha value is -1.76. The predicted octanol–water partition coefficient (Wildman–Crippen LogP) is 3.13. The lowest BCUT2D eigenvalue weighted by Crippen LogP contribution is -1.75. The van der Waals surface area contributed by atoms with Gasteiger partial charge < -0.3 is 0 Å². The van der Waals surface area contributed by atoms with Gasteiger partial charge in [0.2, 0.25) is 0 Å². The van der Waals surface area contributed by atoms with Crippen LogP contribution in [-0.2, 0) is 0 Å². The van der Waals surface area contributed by atoms with E-state index in [0.717, 1.165) is 44.9 Å². The summed E-state index contributed by atoms with van der Waals surface area (Å²) in [7, 11) is 0. The van der Waals surface area contributed by atoms with Gasteiger partial charge in [-0.2, -0.15) is 0 Å². The van der Waals surface area contributed by atoms with Crippen LogP contribution in [0.3, 0.4) is 0 Å². The molecule has 0 atom stereocenters. The summed E-state index contributed by atoms with van der Waals surface area (Å²) < 4.78 is 0. The average molecular weight is 208 g/mol. The molecule has 0 heteroatoms. The maximum absolute atomic E-state index is 3.08. The van der Waals surface area contributed by atoms with Crippen molar-refractivity contribution in [3.05, 3.63) is 0 Å². The van der Waals surface area contributed by atoms with Crippen LogP contribution in [0.4, 0.5) is 0 Å². The van der Waals surface area contributed by atoms with Crippen LogP contribution in [0.5, 0.6) is 0 Å². The van der Waals surface area contributed by atoms with Crippen molar-refractivity contribution in [2.75, 3.05) is 0 Å². The lowest BCUT2D eigenvalue weighted by Gasteiger charge is -1.91. The second-order valence-electron chi connectivity index (χ2n) is 3.62. The first-order chi connectivity index (χ1) is 8.00. The molecule has 0 nitrogen and oxygen atoms in total. The fraction of sp³-hybridized carbons (Fsp3) is 0.500. The van der Waals surface area contributed by atoms with E-state index in [4.69, 9.17) is 0 Å². The van der Waals surface area contributed by atoms with Crippen LogP contribution in [-0.4, -0.2) is 0 Å². The van der Waals surface area contributed by atoms with Crippen molar-refractivity contribution in [1.29, 1.82) is 0 Å². The van der Waals surface area contributed by atoms with Crippen LogP contribution in [0, 0.1) is 47.4 Å². The van der Waals surface area contributed by atoms with E-state index in [1.54, 1.807) is 0 Å². The number of rotatable bonds is 0. The van der Waals surface area contributed by atoms with Crippen LogP contribution in [0.2, 0.25) is 0 Å². The van der Waals surface area contributed by atoms with Gasteiger partial charge in [0.05, 0.1) is 0 Å². The minimum atomic E-state index is 0.886. The van der Waals surface area contributed by atoms with Gasteiger partial charge in [0.25, 0.3) is 0 Å². The molecule has 0 amide bonds. The monoisotopic (exact) mass is 208 g/mol. The van der Waals surface area contributed by atoms with E-state index in [0.29, 0.717) is 0 Å². The Kier molecular flexibility index (Phi) is 7.53. The minimum absolute atomic E-state index is 0.886. The summed E-state index contributed by atoms with van der Waals surface area (Å²) in [5, 5.41) is 0. The Morgan fingerprint density at radius 2 is 0.750 bits per heavy atom. The van der Waals surface area contributed by atoms with Gasteiger partial charge in [0.15, 0.2) is 0 Å². The second kappa shape index (κ2) is 9.78. The van der Waals surface area contributed by atoms with Gasteiger partial charge in [-0.25, -0.2) is 0 Å². The molecular formula is C16H16. The van der Waals surface area contributed by atoms with E-state index in [1.165, 1.54) is 6.42 Å². The lowest BCUT2D eigenvalue weighted by atomic mass is 10.1. The zero-order chi connectivity index (χ0) is 11.3. The normalized spacial score (nSPS) is 16.0. The van der Waals surface area contributed by atoms with Crippen molar-refractivity contribution in [2.45, 2.75) is 51.4 Å². The molecule has 0 aliphatic heterocycles. The van der Waals surface area contributed by atoms with Gasteiger partial charge in [-0.1, -0.05) is 30.1 Å². The van der Waals surface area contributed by atoms with Crippen molar-refractivity contribution in [3.8, 4) is 47.4 Å². The lowest BCUT2D eigenvalue weighted by molar-refractivity contribution is 0.709. The molecule has 0 aromatic carbocycles. The highest BCUT2D eigenvalue weighted by molar-refractivity contribution is 5.27. The number of hydrogen-bond acceptors (Lipinski definition) is 0. The summed E-state index contributed by atoms with van der Waals surface area (Å²) in [5.74, 6) is 23.8. The van der Waals surface area contributed by atoms with Crippen LogP contribution in [0.15, 0.2) is 0 Å². The van der Waals surface area contributed by atoms with Crippen LogP contribution < -0.4 is 0 Å². The zero-order valence-electron chi connectivity index (χ0n) is 9.66. The molecule has 1 aliphatic rings. The summed E-state index contributed by atoms with van der Waals surface area (Å²) in [6.07, 6.45) is 8.22. The molecule has 0 aromatic heterocycles. The molecule has 0 saturated carbocycles. The first kappa shape index (κ1) is 12.3. The van der Waals surface area contributed by atoms with Gasteiger partial charge >= 0.3 is 0 Å². The molecule has 0 radical (unpaired) electrons. The van der Waals surface area contributed by atoms with Crippen molar-refractivity contribution >= 4 is 0 Å². The molecule has 16 heavy (non-hydrogen) atoms. The van der Waals surface area contributed by atoms with E-state index < -0.39 is 0 Å². The Balaban J connectivity index is 2.41. The maximum atomic E-state index is 3.08. The van der Waals surface area contributed by atoms with E-state index >= 15 is 0 Å². The molecule has 0 N–H and O–H groups in total. The summed E-state index contributed by atoms with van der Waals surface area (Å²) in [6, 6.07) is 0. The zero-order valence-corrected chi connectivity index (χ0v) is 9.66. The SMILES string of the molecule is C1#CCCCC#CC#CCCCCCC#C1. The Labute approximate surface area is 99.2 Å². The highest BCUT2D eigenvalue weighted by Gasteiger charge is 1.85. The van der Waals surface area contributed by atoms with Crippen LogP contribution in [0.25, 0.3) is 0 Å². The molecule has 80 valence electrons. The van der Waals surface area contributed by atoms with Gasteiger partial charge in [-0.05, 0) is 42.9 Å². The Bertz CT molecular complexity index is 381. The van der Waals surface area contributed by atoms with Gasteiger partial charge in [-0.3, -0.25) is 0 Å². The van der Waals surface area contributed by atoms with Crippen LogP contribution in [0.1, 0.15) is 51.4 Å². The first-order valence-corrected chi connectivity index (χ1v) is 5.91. The summed E-state index contributed by atoms with van der Waals surface area (Å²) >= 11 is 0. The molecule has 1 aliphatic carbocycles. The molecule has 0 heterocycles. The summed E-state index contributed by atoms with van der Waals surface area (Å²) in [5.41, 5.74) is 0. The third kappa shape index (κ3) is 7.63. The fourth-order valence-electron chi connectivity index (χ4n) is 1.30. The van der Waals surface area contributed by atoms with Gasteiger partial charge in [0, 0.05) is 25.7 Å². The smallest absolute Gasteiger partial charge is 0.0108 e. The van der Waals surface area contributed by atoms with E-state index in [1.807, 2.05) is 0 Å². The van der Waals surface area contributed by atoms with Gasteiger partial charge in [-0.15, -0.1) is 0 Å². The Morgan fingerprint density at radius 1 is 0.375 bits per heavy atom. The molecule has 0 unspecified atom stereocenters. The van der Waals surface area contributed by atoms with Crippen molar-refractivity contribution < 1.29 is 0 Å². The highest BCUT2D eigenvalue weighted by atomic mass is 13.9. The summed E-state index contributed by atoms with van der Waals surface area (Å²) in [4.78, 5) is 0. The minimum Gasteiger partial charge on any atom is -0.0891 e. The van der Waals surface area contributed by atoms with Crippen LogP contribution >= 0.6 is 0 Å². The third-order valence-corrected chi connectivity index (χ3v) is 2.19. The molecule has 0 saturated heterocycles. The topological polar surface area (TPSA) is 0 Å². The highest BCUT2D eigenvalue weighted by Crippen LogP contribution is 2.01. The van der Waals surface area contributed by atoms with Crippen molar-refractivity contribution in [2.24, 2.45) is 0 Å².